The van der Waals surface area contributed by atoms with Crippen LogP contribution in [0.3, 0.4) is 0 Å². The zero-order valence-electron chi connectivity index (χ0n) is 45.0. The number of ether oxygens (including phenoxy) is 1. The van der Waals surface area contributed by atoms with Gasteiger partial charge in [-0.05, 0) is 83.5 Å². The van der Waals surface area contributed by atoms with Crippen molar-refractivity contribution in [3.8, 4) is 0 Å². The first-order chi connectivity index (χ1) is 33.0. The minimum Gasteiger partial charge on any atom is -0.462 e. The molecule has 0 saturated carbocycles. The van der Waals surface area contributed by atoms with Crippen LogP contribution in [-0.4, -0.2) is 46.9 Å². The van der Waals surface area contributed by atoms with Crippen LogP contribution in [0.5, 0.6) is 0 Å². The topological polar surface area (TPSA) is 95.9 Å². The molecule has 0 spiro atoms. The second-order valence-electron chi connectivity index (χ2n) is 20.4. The second-order valence-corrected chi connectivity index (χ2v) is 20.4. The van der Waals surface area contributed by atoms with E-state index in [2.05, 4.69) is 62.5 Å². The fourth-order valence-electron chi connectivity index (χ4n) is 9.16. The molecule has 1 amide bonds. The normalized spacial score (nSPS) is 13.3. The summed E-state index contributed by atoms with van der Waals surface area (Å²) in [6, 6.07) is -0.706. The second kappa shape index (κ2) is 55.0. The van der Waals surface area contributed by atoms with Crippen LogP contribution in [0, 0.1) is 0 Å². The van der Waals surface area contributed by atoms with E-state index < -0.39 is 18.2 Å². The van der Waals surface area contributed by atoms with Crippen molar-refractivity contribution < 1.29 is 24.5 Å². The summed E-state index contributed by atoms with van der Waals surface area (Å²) >= 11 is 0. The van der Waals surface area contributed by atoms with Crippen molar-refractivity contribution in [1.82, 2.24) is 5.32 Å². The maximum Gasteiger partial charge on any atom is 0.306 e. The van der Waals surface area contributed by atoms with E-state index in [0.717, 1.165) is 70.6 Å². The number of aliphatic hydroxyl groups excluding tert-OH is 2. The average Bonchev–Trinajstić information content (AvgIpc) is 3.32. The SMILES string of the molecule is CCCCC/C=C\C/C=C\CCCCCCCCCC(CC(=O)NC(CO)C(O)CCCCCCCCCCCCCCCCCCC)OC(=O)CCCCC/C=C\CCCCCCCCC. The lowest BCUT2D eigenvalue weighted by Crippen LogP contribution is -2.46. The third-order valence-corrected chi connectivity index (χ3v) is 13.7. The first kappa shape index (κ1) is 65.1. The van der Waals surface area contributed by atoms with Gasteiger partial charge in [0.05, 0.1) is 25.2 Å². The van der Waals surface area contributed by atoms with Gasteiger partial charge in [0.2, 0.25) is 5.91 Å². The molecule has 3 unspecified atom stereocenters. The van der Waals surface area contributed by atoms with Gasteiger partial charge in [-0.1, -0.05) is 256 Å². The summed E-state index contributed by atoms with van der Waals surface area (Å²) in [4.78, 5) is 26.3. The molecule has 3 N–H and O–H groups in total. The number of hydrogen-bond donors (Lipinski definition) is 3. The zero-order valence-corrected chi connectivity index (χ0v) is 45.0. The molecule has 67 heavy (non-hydrogen) atoms. The highest BCUT2D eigenvalue weighted by molar-refractivity contribution is 5.77. The first-order valence-corrected chi connectivity index (χ1v) is 29.7. The first-order valence-electron chi connectivity index (χ1n) is 29.7. The molecule has 3 atom stereocenters. The van der Waals surface area contributed by atoms with E-state index in [9.17, 15) is 19.8 Å². The third-order valence-electron chi connectivity index (χ3n) is 13.7. The summed E-state index contributed by atoms with van der Waals surface area (Å²) in [5.41, 5.74) is 0. The van der Waals surface area contributed by atoms with Gasteiger partial charge >= 0.3 is 5.97 Å². The number of aliphatic hydroxyl groups is 2. The number of unbranched alkanes of at least 4 members (excludes halogenated alkanes) is 36. The molecule has 0 aliphatic heterocycles. The number of carbonyl (C=O) groups excluding carboxylic acids is 2. The van der Waals surface area contributed by atoms with Gasteiger partial charge in [0.1, 0.15) is 6.10 Å². The Labute approximate surface area is 417 Å². The largest absolute Gasteiger partial charge is 0.462 e. The Bertz CT molecular complexity index is 1100. The van der Waals surface area contributed by atoms with E-state index in [1.54, 1.807) is 0 Å². The highest BCUT2D eigenvalue weighted by Gasteiger charge is 2.24. The molecule has 394 valence electrons. The van der Waals surface area contributed by atoms with Gasteiger partial charge in [0.25, 0.3) is 0 Å². The van der Waals surface area contributed by atoms with Crippen LogP contribution in [0.1, 0.15) is 316 Å². The highest BCUT2D eigenvalue weighted by Crippen LogP contribution is 2.19. The number of rotatable bonds is 54. The summed E-state index contributed by atoms with van der Waals surface area (Å²) in [5.74, 6) is -0.486. The van der Waals surface area contributed by atoms with E-state index in [1.807, 2.05) is 0 Å². The smallest absolute Gasteiger partial charge is 0.306 e. The molecule has 0 radical (unpaired) electrons. The molecule has 6 nitrogen and oxygen atoms in total. The van der Waals surface area contributed by atoms with Crippen molar-refractivity contribution in [2.45, 2.75) is 334 Å². The molecule has 0 aliphatic carbocycles. The Morgan fingerprint density at radius 1 is 0.433 bits per heavy atom. The van der Waals surface area contributed by atoms with E-state index >= 15 is 0 Å². The van der Waals surface area contributed by atoms with Crippen molar-refractivity contribution in [3.05, 3.63) is 36.5 Å². The fourth-order valence-corrected chi connectivity index (χ4v) is 9.16. The van der Waals surface area contributed by atoms with Gasteiger partial charge in [-0.25, -0.2) is 0 Å². The Morgan fingerprint density at radius 3 is 1.18 bits per heavy atom. The molecule has 0 aromatic rings. The van der Waals surface area contributed by atoms with Crippen LogP contribution in [0.25, 0.3) is 0 Å². The Kier molecular flexibility index (Phi) is 53.4. The van der Waals surface area contributed by atoms with Crippen LogP contribution in [0.2, 0.25) is 0 Å². The van der Waals surface area contributed by atoms with E-state index in [0.29, 0.717) is 19.3 Å². The van der Waals surface area contributed by atoms with Gasteiger partial charge < -0.3 is 20.3 Å². The molecular formula is C61H115NO5. The number of nitrogens with one attached hydrogen (secondary N) is 1. The summed E-state index contributed by atoms with van der Waals surface area (Å²) in [6.45, 7) is 6.49. The Morgan fingerprint density at radius 2 is 0.761 bits per heavy atom. The summed E-state index contributed by atoms with van der Waals surface area (Å²) < 4.78 is 5.96. The lowest BCUT2D eigenvalue weighted by atomic mass is 10.0. The van der Waals surface area contributed by atoms with Crippen molar-refractivity contribution in [3.63, 3.8) is 0 Å². The molecule has 0 aromatic carbocycles. The molecule has 0 aromatic heterocycles. The minimum absolute atomic E-state index is 0.0692. The summed E-state index contributed by atoms with van der Waals surface area (Å²) in [7, 11) is 0. The van der Waals surface area contributed by atoms with E-state index in [1.165, 1.54) is 199 Å². The molecular weight excluding hydrogens is 827 g/mol. The molecule has 0 rings (SSSR count). The van der Waals surface area contributed by atoms with Gasteiger partial charge in [0.15, 0.2) is 0 Å². The van der Waals surface area contributed by atoms with Crippen LogP contribution in [-0.2, 0) is 14.3 Å². The van der Waals surface area contributed by atoms with Crippen LogP contribution >= 0.6 is 0 Å². The molecule has 0 heterocycles. The number of amides is 1. The molecule has 0 fully saturated rings. The quantitative estimate of drug-likeness (QED) is 0.0321. The minimum atomic E-state index is -0.792. The highest BCUT2D eigenvalue weighted by atomic mass is 16.5. The molecule has 0 bridgehead atoms. The standard InChI is InChI=1S/C61H115NO5/c1-4-7-10-13-16-19-22-25-28-30-32-34-37-40-43-46-49-52-57(67-61(66)54-51-48-45-42-39-36-27-24-21-18-15-12-9-6-3)55-60(65)62-58(56-63)59(64)53-50-47-44-41-38-35-33-31-29-26-23-20-17-14-11-8-5-2/h16,19,25,28,36,39,57-59,63-64H,4-15,17-18,20-24,26-27,29-35,37-38,40-56H2,1-3H3,(H,62,65)/b19-16-,28-25-,39-36-. The lowest BCUT2D eigenvalue weighted by Gasteiger charge is -2.24. The number of esters is 1. The summed E-state index contributed by atoms with van der Waals surface area (Å²) in [6.07, 6.45) is 66.4. The van der Waals surface area contributed by atoms with Crippen molar-refractivity contribution >= 4 is 11.9 Å². The van der Waals surface area contributed by atoms with Gasteiger partial charge in [-0.2, -0.15) is 0 Å². The van der Waals surface area contributed by atoms with Crippen molar-refractivity contribution in [2.75, 3.05) is 6.61 Å². The van der Waals surface area contributed by atoms with Crippen LogP contribution in [0.4, 0.5) is 0 Å². The molecule has 0 aliphatic rings. The lowest BCUT2D eigenvalue weighted by molar-refractivity contribution is -0.151. The van der Waals surface area contributed by atoms with Crippen LogP contribution < -0.4 is 5.32 Å². The van der Waals surface area contributed by atoms with E-state index in [-0.39, 0.29) is 24.9 Å². The fraction of sp³-hybridized carbons (Fsp3) is 0.869. The molecule has 0 saturated heterocycles. The number of carbonyl (C=O) groups is 2. The maximum absolute atomic E-state index is 13.3. The summed E-state index contributed by atoms with van der Waals surface area (Å²) in [5, 5.41) is 23.9. The van der Waals surface area contributed by atoms with Gasteiger partial charge in [0, 0.05) is 6.42 Å². The Hall–Kier alpha value is -1.92. The van der Waals surface area contributed by atoms with Crippen molar-refractivity contribution in [1.29, 1.82) is 0 Å². The maximum atomic E-state index is 13.3. The zero-order chi connectivity index (χ0) is 48.8. The predicted molar refractivity (Wildman–Crippen MR) is 292 cm³/mol. The number of allylic oxidation sites excluding steroid dienone is 6. The van der Waals surface area contributed by atoms with Crippen LogP contribution in [0.15, 0.2) is 36.5 Å². The Balaban J connectivity index is 4.55. The average molecular weight is 943 g/mol. The van der Waals surface area contributed by atoms with E-state index in [4.69, 9.17) is 4.74 Å². The van der Waals surface area contributed by atoms with Gasteiger partial charge in [-0.3, -0.25) is 9.59 Å². The number of hydrogen-bond acceptors (Lipinski definition) is 5. The third kappa shape index (κ3) is 50.3. The van der Waals surface area contributed by atoms with Crippen molar-refractivity contribution in [2.24, 2.45) is 0 Å². The predicted octanol–water partition coefficient (Wildman–Crippen LogP) is 18.4. The van der Waals surface area contributed by atoms with Gasteiger partial charge in [-0.15, -0.1) is 0 Å². The molecule has 6 heteroatoms. The monoisotopic (exact) mass is 942 g/mol.